The fraction of sp³-hybridized carbons (Fsp3) is 0.429. The molecule has 100 valence electrons. The van der Waals surface area contributed by atoms with Gasteiger partial charge in [0, 0.05) is 6.42 Å². The van der Waals surface area contributed by atoms with Crippen molar-refractivity contribution in [3.63, 3.8) is 0 Å². The Bertz CT molecular complexity index is 555. The summed E-state index contributed by atoms with van der Waals surface area (Å²) in [6.45, 7) is 4.05. The highest BCUT2D eigenvalue weighted by Gasteiger charge is 2.29. The predicted octanol–water partition coefficient (Wildman–Crippen LogP) is 2.40. The minimum Gasteiger partial charge on any atom is -0.482 e. The first-order chi connectivity index (χ1) is 9.15. The number of nitrogens with zero attached hydrogens (tertiary/aromatic N) is 2. The van der Waals surface area contributed by atoms with E-state index in [4.69, 9.17) is 15.0 Å². The van der Waals surface area contributed by atoms with E-state index in [1.165, 1.54) is 5.56 Å². The van der Waals surface area contributed by atoms with Gasteiger partial charge in [-0.15, -0.1) is 0 Å². The molecule has 19 heavy (non-hydrogen) atoms. The van der Waals surface area contributed by atoms with Crippen molar-refractivity contribution in [1.82, 2.24) is 10.1 Å². The predicted molar refractivity (Wildman–Crippen MR) is 69.6 cm³/mol. The minimum absolute atomic E-state index is 0.172. The lowest BCUT2D eigenvalue weighted by molar-refractivity contribution is 0.220. The van der Waals surface area contributed by atoms with Gasteiger partial charge in [0.1, 0.15) is 5.75 Å². The van der Waals surface area contributed by atoms with E-state index in [-0.39, 0.29) is 18.1 Å². The van der Waals surface area contributed by atoms with Gasteiger partial charge in [-0.05, 0) is 17.5 Å². The van der Waals surface area contributed by atoms with E-state index in [0.717, 1.165) is 12.2 Å². The second-order valence-corrected chi connectivity index (χ2v) is 5.18. The first-order valence-electron chi connectivity index (χ1n) is 6.49. The number of hydrogen-bond acceptors (Lipinski definition) is 5. The Morgan fingerprint density at radius 1 is 1.32 bits per heavy atom. The topological polar surface area (TPSA) is 74.2 Å². The highest BCUT2D eigenvalue weighted by Crippen LogP contribution is 2.35. The van der Waals surface area contributed by atoms with E-state index >= 15 is 0 Å². The molecule has 0 radical (unpaired) electrons. The first-order valence-corrected chi connectivity index (χ1v) is 6.49. The molecule has 0 amide bonds. The van der Waals surface area contributed by atoms with E-state index in [1.54, 1.807) is 0 Å². The lowest BCUT2D eigenvalue weighted by Crippen LogP contribution is -2.17. The van der Waals surface area contributed by atoms with Gasteiger partial charge in [-0.3, -0.25) is 0 Å². The second kappa shape index (κ2) is 4.66. The van der Waals surface area contributed by atoms with Crippen LogP contribution in [-0.4, -0.2) is 10.1 Å². The van der Waals surface area contributed by atoms with Crippen LogP contribution >= 0.6 is 0 Å². The summed E-state index contributed by atoms with van der Waals surface area (Å²) in [5, 5.41) is 3.99. The van der Waals surface area contributed by atoms with E-state index in [9.17, 15) is 0 Å². The summed E-state index contributed by atoms with van der Waals surface area (Å²) in [7, 11) is 0. The maximum Gasteiger partial charge on any atom is 0.243 e. The van der Waals surface area contributed by atoms with Gasteiger partial charge in [0.2, 0.25) is 11.7 Å². The lowest BCUT2D eigenvalue weighted by atomic mass is 10.1. The fourth-order valence-electron chi connectivity index (χ4n) is 2.12. The van der Waals surface area contributed by atoms with Gasteiger partial charge < -0.3 is 15.0 Å². The van der Waals surface area contributed by atoms with Crippen LogP contribution in [-0.2, 0) is 6.42 Å². The van der Waals surface area contributed by atoms with Crippen molar-refractivity contribution in [3.05, 3.63) is 41.5 Å². The monoisotopic (exact) mass is 259 g/mol. The van der Waals surface area contributed by atoms with Crippen molar-refractivity contribution in [2.75, 3.05) is 0 Å². The molecule has 0 saturated heterocycles. The lowest BCUT2D eigenvalue weighted by Gasteiger charge is -2.09. The van der Waals surface area contributed by atoms with Crippen molar-refractivity contribution in [1.29, 1.82) is 0 Å². The summed E-state index contributed by atoms with van der Waals surface area (Å²) in [6.07, 6.45) is 0.598. The Labute approximate surface area is 111 Å². The summed E-state index contributed by atoms with van der Waals surface area (Å²) < 4.78 is 11.1. The molecule has 2 atom stereocenters. The summed E-state index contributed by atoms with van der Waals surface area (Å²) in [5.41, 5.74) is 7.17. The molecule has 1 aliphatic rings. The zero-order valence-corrected chi connectivity index (χ0v) is 11.0. The Balaban J connectivity index is 1.79. The Hall–Kier alpha value is -1.88. The van der Waals surface area contributed by atoms with Crippen LogP contribution in [0, 0.1) is 5.92 Å². The van der Waals surface area contributed by atoms with Gasteiger partial charge in [0.15, 0.2) is 6.10 Å². The normalized spacial score (nSPS) is 19.3. The molecule has 0 spiro atoms. The second-order valence-electron chi connectivity index (χ2n) is 5.18. The fourth-order valence-corrected chi connectivity index (χ4v) is 2.12. The van der Waals surface area contributed by atoms with Crippen LogP contribution in [0.1, 0.15) is 43.3 Å². The highest BCUT2D eigenvalue weighted by molar-refractivity contribution is 5.37. The molecule has 1 aromatic heterocycles. The van der Waals surface area contributed by atoms with Crippen LogP contribution in [0.2, 0.25) is 0 Å². The Morgan fingerprint density at radius 3 is 2.84 bits per heavy atom. The molecule has 2 unspecified atom stereocenters. The molecule has 1 aliphatic heterocycles. The van der Waals surface area contributed by atoms with Crippen LogP contribution in [0.3, 0.4) is 0 Å². The van der Waals surface area contributed by atoms with Crippen molar-refractivity contribution < 1.29 is 9.26 Å². The molecular weight excluding hydrogens is 242 g/mol. The number of hydrogen-bond donors (Lipinski definition) is 1. The van der Waals surface area contributed by atoms with Crippen molar-refractivity contribution in [2.24, 2.45) is 11.7 Å². The number of benzene rings is 1. The smallest absolute Gasteiger partial charge is 0.243 e. The third-order valence-corrected chi connectivity index (χ3v) is 3.40. The third-order valence-electron chi connectivity index (χ3n) is 3.40. The average molecular weight is 259 g/mol. The quantitative estimate of drug-likeness (QED) is 0.916. The summed E-state index contributed by atoms with van der Waals surface area (Å²) >= 11 is 0. The van der Waals surface area contributed by atoms with Crippen LogP contribution < -0.4 is 10.5 Å². The van der Waals surface area contributed by atoms with E-state index in [2.05, 4.69) is 16.2 Å². The zero-order valence-electron chi connectivity index (χ0n) is 11.0. The van der Waals surface area contributed by atoms with E-state index in [1.807, 2.05) is 32.0 Å². The molecule has 2 N–H and O–H groups in total. The van der Waals surface area contributed by atoms with Gasteiger partial charge in [0.05, 0.1) is 6.04 Å². The number of nitrogens with two attached hydrogens (primary N) is 1. The molecule has 0 aliphatic carbocycles. The van der Waals surface area contributed by atoms with Gasteiger partial charge in [-0.2, -0.15) is 4.98 Å². The van der Waals surface area contributed by atoms with Gasteiger partial charge in [-0.25, -0.2) is 0 Å². The van der Waals surface area contributed by atoms with Crippen LogP contribution in [0.25, 0.3) is 0 Å². The maximum absolute atomic E-state index is 6.00. The SMILES string of the molecule is CC(C)C(N)c1nc(C2Cc3ccccc3O2)no1. The molecule has 5 nitrogen and oxygen atoms in total. The number of rotatable bonds is 3. The summed E-state index contributed by atoms with van der Waals surface area (Å²) in [4.78, 5) is 4.37. The number of aromatic nitrogens is 2. The molecule has 2 heterocycles. The van der Waals surface area contributed by atoms with Crippen molar-refractivity contribution in [2.45, 2.75) is 32.4 Å². The largest absolute Gasteiger partial charge is 0.482 e. The van der Waals surface area contributed by atoms with Gasteiger partial charge in [0.25, 0.3) is 0 Å². The molecule has 3 rings (SSSR count). The molecule has 0 fully saturated rings. The highest BCUT2D eigenvalue weighted by atomic mass is 16.5. The van der Waals surface area contributed by atoms with Crippen LogP contribution in [0.4, 0.5) is 0 Å². The standard InChI is InChI=1S/C14H17N3O2/c1-8(2)12(15)14-16-13(17-19-14)11-7-9-5-3-4-6-10(9)18-11/h3-6,8,11-12H,7,15H2,1-2H3. The first kappa shape index (κ1) is 12.2. The van der Waals surface area contributed by atoms with Crippen LogP contribution in [0.15, 0.2) is 28.8 Å². The molecule has 0 saturated carbocycles. The molecule has 1 aromatic carbocycles. The Morgan fingerprint density at radius 2 is 2.11 bits per heavy atom. The minimum atomic E-state index is -0.231. The molecule has 5 heteroatoms. The molecule has 2 aromatic rings. The molecular formula is C14H17N3O2. The van der Waals surface area contributed by atoms with Crippen LogP contribution in [0.5, 0.6) is 5.75 Å². The van der Waals surface area contributed by atoms with Gasteiger partial charge in [-0.1, -0.05) is 37.2 Å². The van der Waals surface area contributed by atoms with E-state index < -0.39 is 0 Å². The van der Waals surface area contributed by atoms with Crippen molar-refractivity contribution >= 4 is 0 Å². The maximum atomic E-state index is 6.00. The Kier molecular flexibility index (Phi) is 2.98. The third kappa shape index (κ3) is 2.21. The number of ether oxygens (including phenoxy) is 1. The van der Waals surface area contributed by atoms with E-state index in [0.29, 0.717) is 11.7 Å². The number of fused-ring (bicyclic) bond motifs is 1. The zero-order chi connectivity index (χ0) is 13.4. The number of para-hydroxylation sites is 1. The molecule has 0 bridgehead atoms. The average Bonchev–Trinajstić information content (AvgIpc) is 3.03. The van der Waals surface area contributed by atoms with Crippen molar-refractivity contribution in [3.8, 4) is 5.75 Å². The van der Waals surface area contributed by atoms with Gasteiger partial charge >= 0.3 is 0 Å². The summed E-state index contributed by atoms with van der Waals surface area (Å²) in [6, 6.07) is 7.73. The summed E-state index contributed by atoms with van der Waals surface area (Å²) in [5.74, 6) is 2.20.